The van der Waals surface area contributed by atoms with Crippen molar-refractivity contribution in [2.45, 2.75) is 27.7 Å². The topological polar surface area (TPSA) is 33.5 Å². The monoisotopic (exact) mass is 195 g/mol. The van der Waals surface area contributed by atoms with Crippen molar-refractivity contribution in [3.8, 4) is 0 Å². The molecule has 1 aromatic rings. The van der Waals surface area contributed by atoms with Crippen molar-refractivity contribution in [3.05, 3.63) is 27.6 Å². The highest BCUT2D eigenvalue weighted by Crippen LogP contribution is 2.17. The second kappa shape index (κ2) is 4.31. The standard InChI is InChI=1S/C11H17NO2/c1-5-12(6-2)10-8(3)7-9(4)11(13)14-10/h7H,5-6H2,1-4H3. The molecule has 0 aliphatic heterocycles. The van der Waals surface area contributed by atoms with Crippen LogP contribution in [0.15, 0.2) is 15.3 Å². The molecule has 14 heavy (non-hydrogen) atoms. The molecule has 0 amide bonds. The summed E-state index contributed by atoms with van der Waals surface area (Å²) in [6.45, 7) is 9.52. The van der Waals surface area contributed by atoms with Gasteiger partial charge in [0, 0.05) is 24.2 Å². The number of aryl methyl sites for hydroxylation is 2. The first-order valence-corrected chi connectivity index (χ1v) is 4.96. The molecule has 0 aromatic carbocycles. The molecule has 0 spiro atoms. The van der Waals surface area contributed by atoms with E-state index in [0.717, 1.165) is 18.7 Å². The quantitative estimate of drug-likeness (QED) is 0.740. The fraction of sp³-hybridized carbons (Fsp3) is 0.545. The lowest BCUT2D eigenvalue weighted by molar-refractivity contribution is 0.491. The maximum Gasteiger partial charge on any atom is 0.340 e. The molecule has 1 aromatic heterocycles. The van der Waals surface area contributed by atoms with E-state index in [2.05, 4.69) is 0 Å². The van der Waals surface area contributed by atoms with Gasteiger partial charge in [-0.25, -0.2) is 4.79 Å². The van der Waals surface area contributed by atoms with E-state index in [1.807, 2.05) is 31.7 Å². The predicted octanol–water partition coefficient (Wildman–Crippen LogP) is 2.10. The van der Waals surface area contributed by atoms with Crippen LogP contribution >= 0.6 is 0 Å². The Morgan fingerprint density at radius 2 is 1.79 bits per heavy atom. The number of rotatable bonds is 3. The number of hydrogen-bond donors (Lipinski definition) is 0. The number of hydrogen-bond acceptors (Lipinski definition) is 3. The van der Waals surface area contributed by atoms with E-state index in [-0.39, 0.29) is 5.63 Å². The Kier molecular flexibility index (Phi) is 3.33. The molecule has 3 nitrogen and oxygen atoms in total. The molecular weight excluding hydrogens is 178 g/mol. The van der Waals surface area contributed by atoms with Crippen molar-refractivity contribution in [1.82, 2.24) is 0 Å². The molecule has 0 unspecified atom stereocenters. The van der Waals surface area contributed by atoms with Crippen LogP contribution in [-0.2, 0) is 0 Å². The number of nitrogens with zero attached hydrogens (tertiary/aromatic N) is 1. The van der Waals surface area contributed by atoms with Gasteiger partial charge in [0.15, 0.2) is 0 Å². The summed E-state index contributed by atoms with van der Waals surface area (Å²) in [6.07, 6.45) is 0. The van der Waals surface area contributed by atoms with E-state index in [1.165, 1.54) is 0 Å². The molecule has 0 aliphatic rings. The van der Waals surface area contributed by atoms with Crippen LogP contribution < -0.4 is 10.5 Å². The Morgan fingerprint density at radius 1 is 1.21 bits per heavy atom. The minimum atomic E-state index is -0.238. The van der Waals surface area contributed by atoms with Gasteiger partial charge in [0.2, 0.25) is 5.88 Å². The van der Waals surface area contributed by atoms with E-state index < -0.39 is 0 Å². The summed E-state index contributed by atoms with van der Waals surface area (Å²) in [5, 5.41) is 0. The average Bonchev–Trinajstić information content (AvgIpc) is 2.15. The van der Waals surface area contributed by atoms with Crippen LogP contribution in [0.4, 0.5) is 5.88 Å². The molecule has 0 radical (unpaired) electrons. The minimum absolute atomic E-state index is 0.238. The molecule has 0 saturated heterocycles. The third-order valence-corrected chi connectivity index (χ3v) is 2.33. The SMILES string of the molecule is CCN(CC)c1oc(=O)c(C)cc1C. The van der Waals surface area contributed by atoms with Crippen molar-refractivity contribution in [1.29, 1.82) is 0 Å². The first kappa shape index (κ1) is 10.8. The van der Waals surface area contributed by atoms with E-state index in [0.29, 0.717) is 11.4 Å². The van der Waals surface area contributed by atoms with Crippen LogP contribution in [0.2, 0.25) is 0 Å². The molecule has 1 heterocycles. The maximum atomic E-state index is 11.3. The summed E-state index contributed by atoms with van der Waals surface area (Å²) in [5.41, 5.74) is 1.45. The van der Waals surface area contributed by atoms with Crippen LogP contribution in [0, 0.1) is 13.8 Å². The zero-order valence-electron chi connectivity index (χ0n) is 9.26. The first-order chi connectivity index (χ1) is 6.60. The van der Waals surface area contributed by atoms with Crippen molar-refractivity contribution < 1.29 is 4.42 Å². The Balaban J connectivity index is 3.21. The first-order valence-electron chi connectivity index (χ1n) is 4.96. The summed E-state index contributed by atoms with van der Waals surface area (Å²) in [6, 6.07) is 1.87. The number of anilines is 1. The Morgan fingerprint density at radius 3 is 2.29 bits per heavy atom. The van der Waals surface area contributed by atoms with Gasteiger partial charge in [-0.15, -0.1) is 0 Å². The summed E-state index contributed by atoms with van der Waals surface area (Å²) in [5.74, 6) is 0.700. The molecule has 1 rings (SSSR count). The lowest BCUT2D eigenvalue weighted by Gasteiger charge is -2.20. The van der Waals surface area contributed by atoms with Gasteiger partial charge in [0.25, 0.3) is 0 Å². The smallest absolute Gasteiger partial charge is 0.340 e. The van der Waals surface area contributed by atoms with Gasteiger partial charge in [0.05, 0.1) is 0 Å². The summed E-state index contributed by atoms with van der Waals surface area (Å²) in [4.78, 5) is 13.4. The Labute approximate surface area is 84.3 Å². The van der Waals surface area contributed by atoms with E-state index in [4.69, 9.17) is 4.42 Å². The lowest BCUT2D eigenvalue weighted by Crippen LogP contribution is -2.24. The summed E-state index contributed by atoms with van der Waals surface area (Å²) >= 11 is 0. The van der Waals surface area contributed by atoms with Crippen molar-refractivity contribution in [2.75, 3.05) is 18.0 Å². The normalized spacial score (nSPS) is 10.3. The van der Waals surface area contributed by atoms with Gasteiger partial charge >= 0.3 is 5.63 Å². The molecule has 0 saturated carbocycles. The van der Waals surface area contributed by atoms with Crippen molar-refractivity contribution >= 4 is 5.88 Å². The Bertz CT molecular complexity index is 364. The Hall–Kier alpha value is -1.25. The largest absolute Gasteiger partial charge is 0.406 e. The molecule has 0 aliphatic carbocycles. The van der Waals surface area contributed by atoms with Gasteiger partial charge in [-0.05, 0) is 33.8 Å². The third-order valence-electron chi connectivity index (χ3n) is 2.33. The molecule has 0 bridgehead atoms. The highest BCUT2D eigenvalue weighted by molar-refractivity contribution is 5.43. The molecule has 3 heteroatoms. The molecule has 0 N–H and O–H groups in total. The van der Waals surface area contributed by atoms with Crippen LogP contribution in [0.1, 0.15) is 25.0 Å². The highest BCUT2D eigenvalue weighted by atomic mass is 16.4. The molecule has 78 valence electrons. The second-order valence-electron chi connectivity index (χ2n) is 3.38. The average molecular weight is 195 g/mol. The summed E-state index contributed by atoms with van der Waals surface area (Å²) < 4.78 is 5.25. The van der Waals surface area contributed by atoms with Crippen LogP contribution in [0.5, 0.6) is 0 Å². The molecule has 0 fully saturated rings. The van der Waals surface area contributed by atoms with Gasteiger partial charge in [0.1, 0.15) is 0 Å². The fourth-order valence-electron chi connectivity index (χ4n) is 1.52. The maximum absolute atomic E-state index is 11.3. The van der Waals surface area contributed by atoms with Crippen LogP contribution in [0.3, 0.4) is 0 Å². The summed E-state index contributed by atoms with van der Waals surface area (Å²) in [7, 11) is 0. The molecule has 0 atom stereocenters. The van der Waals surface area contributed by atoms with Crippen molar-refractivity contribution in [2.24, 2.45) is 0 Å². The van der Waals surface area contributed by atoms with Gasteiger partial charge in [-0.1, -0.05) is 0 Å². The van der Waals surface area contributed by atoms with Gasteiger partial charge in [-0.2, -0.15) is 0 Å². The minimum Gasteiger partial charge on any atom is -0.406 e. The van der Waals surface area contributed by atoms with Crippen molar-refractivity contribution in [3.63, 3.8) is 0 Å². The van der Waals surface area contributed by atoms with E-state index in [1.54, 1.807) is 6.92 Å². The highest BCUT2D eigenvalue weighted by Gasteiger charge is 2.10. The van der Waals surface area contributed by atoms with Crippen LogP contribution in [0.25, 0.3) is 0 Å². The van der Waals surface area contributed by atoms with Crippen LogP contribution in [-0.4, -0.2) is 13.1 Å². The zero-order valence-corrected chi connectivity index (χ0v) is 9.26. The van der Waals surface area contributed by atoms with E-state index in [9.17, 15) is 4.79 Å². The van der Waals surface area contributed by atoms with Gasteiger partial charge in [-0.3, -0.25) is 0 Å². The second-order valence-corrected chi connectivity index (χ2v) is 3.38. The zero-order chi connectivity index (χ0) is 10.7. The third kappa shape index (κ3) is 1.97. The van der Waals surface area contributed by atoms with E-state index >= 15 is 0 Å². The van der Waals surface area contributed by atoms with Gasteiger partial charge < -0.3 is 9.32 Å². The molecular formula is C11H17NO2. The lowest BCUT2D eigenvalue weighted by atomic mass is 10.2. The fourth-order valence-corrected chi connectivity index (χ4v) is 1.52. The predicted molar refractivity (Wildman–Crippen MR) is 58.0 cm³/mol.